The van der Waals surface area contributed by atoms with Crippen LogP contribution in [0.15, 0.2) is 0 Å². The van der Waals surface area contributed by atoms with E-state index in [-0.39, 0.29) is 0 Å². The predicted octanol–water partition coefficient (Wildman–Crippen LogP) is 0.357. The lowest BCUT2D eigenvalue weighted by Crippen LogP contribution is -2.47. The van der Waals surface area contributed by atoms with E-state index < -0.39 is 0 Å². The Morgan fingerprint density at radius 1 is 1.00 bits per heavy atom. The molecule has 9 heavy (non-hydrogen) atoms. The van der Waals surface area contributed by atoms with Crippen LogP contribution in [0.5, 0.6) is 0 Å². The van der Waals surface area contributed by atoms with Gasteiger partial charge in [0.1, 0.15) is 0 Å². The van der Waals surface area contributed by atoms with Gasteiger partial charge < -0.3 is 0 Å². The van der Waals surface area contributed by atoms with Gasteiger partial charge in [0.05, 0.1) is 0 Å². The van der Waals surface area contributed by atoms with Crippen LogP contribution in [-0.2, 0) is 0 Å². The second-order valence-corrected chi connectivity index (χ2v) is 1.77. The van der Waals surface area contributed by atoms with Crippen LogP contribution in [0.1, 0.15) is 20.8 Å². The summed E-state index contributed by atoms with van der Waals surface area (Å²) >= 11 is 0. The second kappa shape index (κ2) is 6.01. The largest absolute Gasteiger partial charge is 0.242 e. The zero-order valence-electron chi connectivity index (χ0n) is 6.57. The van der Waals surface area contributed by atoms with Gasteiger partial charge in [0.15, 0.2) is 0 Å². The van der Waals surface area contributed by atoms with Crippen molar-refractivity contribution in [3.05, 3.63) is 0 Å². The van der Waals surface area contributed by atoms with Gasteiger partial charge in [0, 0.05) is 19.6 Å². The number of nitrogens with one attached hydrogen (secondary N) is 2. The molecule has 0 saturated carbocycles. The average Bonchev–Trinajstić information content (AvgIpc) is 1.88. The van der Waals surface area contributed by atoms with Crippen molar-refractivity contribution in [2.75, 3.05) is 19.6 Å². The molecule has 0 aromatic heterocycles. The van der Waals surface area contributed by atoms with E-state index >= 15 is 0 Å². The molecule has 0 saturated heterocycles. The Kier molecular flexibility index (Phi) is 5.93. The number of hydrogen-bond donors (Lipinski definition) is 2. The lowest BCUT2D eigenvalue weighted by atomic mass is 10.7. The predicted molar refractivity (Wildman–Crippen MR) is 39.7 cm³/mol. The minimum Gasteiger partial charge on any atom is -0.242 e. The van der Waals surface area contributed by atoms with Crippen LogP contribution in [0.3, 0.4) is 0 Å². The van der Waals surface area contributed by atoms with E-state index in [0.29, 0.717) is 0 Å². The molecule has 0 fully saturated rings. The Hall–Kier alpha value is -0.120. The Labute approximate surface area is 57.4 Å². The minimum atomic E-state index is 0.973. The number of nitrogens with zero attached hydrogens (tertiary/aromatic N) is 1. The highest BCUT2D eigenvalue weighted by Crippen LogP contribution is 1.71. The van der Waals surface area contributed by atoms with E-state index in [1.54, 1.807) is 0 Å². The molecule has 0 spiro atoms. The molecule has 0 heterocycles. The first-order valence-corrected chi connectivity index (χ1v) is 3.59. The van der Waals surface area contributed by atoms with Crippen LogP contribution in [0.2, 0.25) is 0 Å². The van der Waals surface area contributed by atoms with Gasteiger partial charge in [-0.05, 0) is 6.92 Å². The fourth-order valence-electron chi connectivity index (χ4n) is 0.661. The van der Waals surface area contributed by atoms with Crippen molar-refractivity contribution in [2.24, 2.45) is 0 Å². The van der Waals surface area contributed by atoms with Gasteiger partial charge in [-0.15, -0.1) is 0 Å². The summed E-state index contributed by atoms with van der Waals surface area (Å²) in [6, 6.07) is 0. The van der Waals surface area contributed by atoms with E-state index in [2.05, 4.69) is 31.6 Å². The zero-order chi connectivity index (χ0) is 7.11. The number of hydrazine groups is 2. The molecule has 0 aliphatic heterocycles. The van der Waals surface area contributed by atoms with Gasteiger partial charge in [-0.2, -0.15) is 5.12 Å². The summed E-state index contributed by atoms with van der Waals surface area (Å²) in [4.78, 5) is 0. The maximum atomic E-state index is 3.16. The van der Waals surface area contributed by atoms with Crippen LogP contribution in [0, 0.1) is 0 Å². The third-order valence-electron chi connectivity index (χ3n) is 1.01. The summed E-state index contributed by atoms with van der Waals surface area (Å²) in [5.41, 5.74) is 6.31. The Morgan fingerprint density at radius 2 is 1.44 bits per heavy atom. The second-order valence-electron chi connectivity index (χ2n) is 1.77. The lowest BCUT2D eigenvalue weighted by Gasteiger charge is -2.20. The van der Waals surface area contributed by atoms with Crippen molar-refractivity contribution in [1.82, 2.24) is 16.0 Å². The van der Waals surface area contributed by atoms with E-state index in [4.69, 9.17) is 0 Å². The molecule has 0 bridgehead atoms. The summed E-state index contributed by atoms with van der Waals surface area (Å²) in [7, 11) is 0. The minimum absolute atomic E-state index is 0.973. The van der Waals surface area contributed by atoms with Crippen molar-refractivity contribution < 1.29 is 0 Å². The highest BCUT2D eigenvalue weighted by Gasteiger charge is 1.92. The molecule has 0 rings (SSSR count). The van der Waals surface area contributed by atoms with Crippen molar-refractivity contribution in [1.29, 1.82) is 0 Å². The SMILES string of the molecule is CCNN(CC)NCC. The first-order chi connectivity index (χ1) is 4.35. The number of hydrogen-bond acceptors (Lipinski definition) is 3. The third kappa shape index (κ3) is 4.39. The van der Waals surface area contributed by atoms with Gasteiger partial charge in [-0.3, -0.25) is 0 Å². The van der Waals surface area contributed by atoms with Crippen LogP contribution in [0.25, 0.3) is 0 Å². The first-order valence-electron chi connectivity index (χ1n) is 3.59. The Balaban J connectivity index is 3.18. The number of rotatable bonds is 5. The summed E-state index contributed by atoms with van der Waals surface area (Å²) in [6.45, 7) is 9.20. The smallest absolute Gasteiger partial charge is 0.0259 e. The lowest BCUT2D eigenvalue weighted by molar-refractivity contribution is 0.129. The molecule has 0 aliphatic carbocycles. The van der Waals surface area contributed by atoms with Gasteiger partial charge in [0.2, 0.25) is 0 Å². The highest BCUT2D eigenvalue weighted by molar-refractivity contribution is 4.37. The summed E-state index contributed by atoms with van der Waals surface area (Å²) in [5, 5.41) is 1.99. The van der Waals surface area contributed by atoms with Crippen molar-refractivity contribution >= 4 is 0 Å². The summed E-state index contributed by atoms with van der Waals surface area (Å²) in [6.07, 6.45) is 0. The monoisotopic (exact) mass is 131 g/mol. The van der Waals surface area contributed by atoms with E-state index in [0.717, 1.165) is 19.6 Å². The zero-order valence-corrected chi connectivity index (χ0v) is 6.57. The maximum absolute atomic E-state index is 3.16. The molecule has 0 unspecified atom stereocenters. The topological polar surface area (TPSA) is 27.3 Å². The highest BCUT2D eigenvalue weighted by atomic mass is 15.7. The van der Waals surface area contributed by atoms with E-state index in [1.165, 1.54) is 0 Å². The molecule has 3 nitrogen and oxygen atoms in total. The molecule has 0 amide bonds. The van der Waals surface area contributed by atoms with Crippen LogP contribution >= 0.6 is 0 Å². The molecule has 0 aromatic rings. The van der Waals surface area contributed by atoms with Crippen LogP contribution < -0.4 is 10.9 Å². The van der Waals surface area contributed by atoms with E-state index in [9.17, 15) is 0 Å². The van der Waals surface area contributed by atoms with Crippen LogP contribution in [0.4, 0.5) is 0 Å². The van der Waals surface area contributed by atoms with Crippen molar-refractivity contribution in [3.63, 3.8) is 0 Å². The van der Waals surface area contributed by atoms with Gasteiger partial charge in [0.25, 0.3) is 0 Å². The standard InChI is InChI=1S/C6H17N3/c1-4-7-9(6-3)8-5-2/h7-8H,4-6H2,1-3H3. The Morgan fingerprint density at radius 3 is 1.67 bits per heavy atom. The molecular weight excluding hydrogens is 114 g/mol. The van der Waals surface area contributed by atoms with Gasteiger partial charge in [-0.25, -0.2) is 10.9 Å². The molecule has 3 heteroatoms. The van der Waals surface area contributed by atoms with Gasteiger partial charge in [-0.1, -0.05) is 13.8 Å². The fraction of sp³-hybridized carbons (Fsp3) is 1.00. The average molecular weight is 131 g/mol. The van der Waals surface area contributed by atoms with E-state index in [1.807, 2.05) is 5.12 Å². The first kappa shape index (κ1) is 8.88. The summed E-state index contributed by atoms with van der Waals surface area (Å²) < 4.78 is 0. The molecule has 2 N–H and O–H groups in total. The molecule has 0 aliphatic rings. The normalized spacial score (nSPS) is 10.7. The molecular formula is C6H17N3. The third-order valence-corrected chi connectivity index (χ3v) is 1.01. The van der Waals surface area contributed by atoms with Gasteiger partial charge >= 0.3 is 0 Å². The molecule has 56 valence electrons. The molecule has 0 atom stereocenters. The molecule has 0 aromatic carbocycles. The fourth-order valence-corrected chi connectivity index (χ4v) is 0.661. The van der Waals surface area contributed by atoms with Crippen molar-refractivity contribution in [2.45, 2.75) is 20.8 Å². The molecule has 0 radical (unpaired) electrons. The summed E-state index contributed by atoms with van der Waals surface area (Å²) in [5.74, 6) is 0. The van der Waals surface area contributed by atoms with Crippen molar-refractivity contribution in [3.8, 4) is 0 Å². The quantitative estimate of drug-likeness (QED) is 0.527. The van der Waals surface area contributed by atoms with Crippen LogP contribution in [-0.4, -0.2) is 24.8 Å². The maximum Gasteiger partial charge on any atom is 0.0259 e. The Bertz CT molecular complexity index is 50.3.